The SMILES string of the molecule is COc1cc(CN2CCC(CN3CCCCCC3)CC2)c([N+](=O)[O-])cc1OC(F)F. The Bertz CT molecular complexity index is 704. The smallest absolute Gasteiger partial charge is 0.387 e. The molecule has 0 atom stereocenters. The topological polar surface area (TPSA) is 68.1 Å². The quantitative estimate of drug-likeness (QED) is 0.455. The first-order chi connectivity index (χ1) is 14.5. The molecule has 0 radical (unpaired) electrons. The van der Waals surface area contributed by atoms with E-state index >= 15 is 0 Å². The summed E-state index contributed by atoms with van der Waals surface area (Å²) in [4.78, 5) is 15.7. The van der Waals surface area contributed by atoms with Crippen LogP contribution >= 0.6 is 0 Å². The maximum atomic E-state index is 12.6. The highest BCUT2D eigenvalue weighted by molar-refractivity contribution is 5.54. The lowest BCUT2D eigenvalue weighted by Crippen LogP contribution is -2.38. The van der Waals surface area contributed by atoms with Crippen molar-refractivity contribution >= 4 is 5.69 Å². The maximum absolute atomic E-state index is 12.6. The molecule has 3 rings (SSSR count). The van der Waals surface area contributed by atoms with Gasteiger partial charge in [-0.3, -0.25) is 15.0 Å². The van der Waals surface area contributed by atoms with Gasteiger partial charge >= 0.3 is 6.61 Å². The Morgan fingerprint density at radius 3 is 2.30 bits per heavy atom. The van der Waals surface area contributed by atoms with Crippen molar-refractivity contribution in [3.63, 3.8) is 0 Å². The number of halogens is 2. The molecule has 0 amide bonds. The molecule has 1 aromatic rings. The number of hydrogen-bond donors (Lipinski definition) is 0. The van der Waals surface area contributed by atoms with Crippen molar-refractivity contribution < 1.29 is 23.2 Å². The third-order valence-electron chi connectivity index (χ3n) is 6.09. The molecule has 0 spiro atoms. The van der Waals surface area contributed by atoms with Gasteiger partial charge in [-0.2, -0.15) is 8.78 Å². The van der Waals surface area contributed by atoms with Crippen molar-refractivity contribution in [1.82, 2.24) is 9.80 Å². The Labute approximate surface area is 176 Å². The third-order valence-corrected chi connectivity index (χ3v) is 6.09. The fourth-order valence-electron chi connectivity index (χ4n) is 4.49. The lowest BCUT2D eigenvalue weighted by molar-refractivity contribution is -0.385. The molecule has 0 unspecified atom stereocenters. The lowest BCUT2D eigenvalue weighted by Gasteiger charge is -2.34. The summed E-state index contributed by atoms with van der Waals surface area (Å²) in [7, 11) is 1.33. The van der Waals surface area contributed by atoms with Crippen LogP contribution in [-0.4, -0.2) is 61.2 Å². The molecule has 30 heavy (non-hydrogen) atoms. The zero-order chi connectivity index (χ0) is 21.5. The minimum atomic E-state index is -3.08. The molecule has 1 aromatic carbocycles. The Morgan fingerprint density at radius 1 is 1.07 bits per heavy atom. The fraction of sp³-hybridized carbons (Fsp3) is 0.714. The van der Waals surface area contributed by atoms with E-state index in [-0.39, 0.29) is 17.2 Å². The van der Waals surface area contributed by atoms with Crippen molar-refractivity contribution in [2.24, 2.45) is 5.92 Å². The summed E-state index contributed by atoms with van der Waals surface area (Å²) in [6, 6.07) is 2.48. The number of nitro groups is 1. The second kappa shape index (κ2) is 10.9. The maximum Gasteiger partial charge on any atom is 0.387 e. The van der Waals surface area contributed by atoms with Crippen molar-refractivity contribution in [3.05, 3.63) is 27.8 Å². The van der Waals surface area contributed by atoms with E-state index < -0.39 is 11.5 Å². The Kier molecular flexibility index (Phi) is 8.21. The molecule has 9 heteroatoms. The zero-order valence-electron chi connectivity index (χ0n) is 17.5. The van der Waals surface area contributed by atoms with E-state index in [2.05, 4.69) is 14.5 Å². The van der Waals surface area contributed by atoms with E-state index in [0.29, 0.717) is 18.0 Å². The van der Waals surface area contributed by atoms with Crippen LogP contribution in [0.25, 0.3) is 0 Å². The van der Waals surface area contributed by atoms with Gasteiger partial charge in [-0.15, -0.1) is 0 Å². The number of rotatable bonds is 8. The van der Waals surface area contributed by atoms with Crippen LogP contribution in [0.1, 0.15) is 44.1 Å². The average molecular weight is 427 g/mol. The van der Waals surface area contributed by atoms with Gasteiger partial charge in [0.2, 0.25) is 0 Å². The van der Waals surface area contributed by atoms with Gasteiger partial charge in [-0.05, 0) is 63.8 Å². The van der Waals surface area contributed by atoms with E-state index in [9.17, 15) is 18.9 Å². The Balaban J connectivity index is 1.61. The van der Waals surface area contributed by atoms with E-state index in [0.717, 1.165) is 38.5 Å². The molecule has 168 valence electrons. The lowest BCUT2D eigenvalue weighted by atomic mass is 9.95. The van der Waals surface area contributed by atoms with Crippen molar-refractivity contribution in [3.8, 4) is 11.5 Å². The number of nitro benzene ring substituents is 1. The predicted molar refractivity (Wildman–Crippen MR) is 109 cm³/mol. The first-order valence-corrected chi connectivity index (χ1v) is 10.7. The summed E-state index contributed by atoms with van der Waals surface area (Å²) < 4.78 is 34.7. The van der Waals surface area contributed by atoms with E-state index in [1.165, 1.54) is 51.9 Å². The molecule has 0 saturated carbocycles. The number of alkyl halides is 2. The van der Waals surface area contributed by atoms with Crippen LogP contribution in [0.4, 0.5) is 14.5 Å². The summed E-state index contributed by atoms with van der Waals surface area (Å²) in [5.74, 6) is 0.414. The van der Waals surface area contributed by atoms with Crippen LogP contribution in [0.3, 0.4) is 0 Å². The van der Waals surface area contributed by atoms with E-state index in [4.69, 9.17) is 4.74 Å². The molecule has 2 saturated heterocycles. The number of methoxy groups -OCH3 is 1. The normalized spacial score (nSPS) is 19.6. The first-order valence-electron chi connectivity index (χ1n) is 10.7. The number of nitrogens with zero attached hydrogens (tertiary/aromatic N) is 3. The van der Waals surface area contributed by atoms with Crippen LogP contribution in [0.5, 0.6) is 11.5 Å². The predicted octanol–water partition coefficient (Wildman–Crippen LogP) is 4.29. The summed E-state index contributed by atoms with van der Waals surface area (Å²) in [6.45, 7) is 2.58. The van der Waals surface area contributed by atoms with E-state index in [1.807, 2.05) is 0 Å². The molecule has 0 aliphatic carbocycles. The number of likely N-dealkylation sites (tertiary alicyclic amines) is 2. The molecule has 0 aromatic heterocycles. The number of piperidine rings is 1. The van der Waals surface area contributed by atoms with Gasteiger partial charge in [-0.1, -0.05) is 12.8 Å². The third kappa shape index (κ3) is 6.25. The molecule has 0 bridgehead atoms. The second-order valence-electron chi connectivity index (χ2n) is 8.20. The van der Waals surface area contributed by atoms with Crippen molar-refractivity contribution in [1.29, 1.82) is 0 Å². The molecule has 2 aliphatic rings. The number of benzene rings is 1. The fourth-order valence-corrected chi connectivity index (χ4v) is 4.49. The Morgan fingerprint density at radius 2 is 1.73 bits per heavy atom. The standard InChI is InChI=1S/C21H31F2N3O4/c1-29-19-12-17(18(26(27)28)13-20(19)30-21(22)23)15-25-10-6-16(7-11-25)14-24-8-4-2-3-5-9-24/h12-13,16,21H,2-11,14-15H2,1H3. The van der Waals surface area contributed by atoms with E-state index in [1.54, 1.807) is 0 Å². The van der Waals surface area contributed by atoms with Gasteiger partial charge in [0.25, 0.3) is 5.69 Å². The largest absolute Gasteiger partial charge is 0.493 e. The van der Waals surface area contributed by atoms with Gasteiger partial charge in [0.1, 0.15) is 0 Å². The molecule has 2 fully saturated rings. The van der Waals surface area contributed by atoms with Crippen molar-refractivity contribution in [2.45, 2.75) is 51.7 Å². The van der Waals surface area contributed by atoms with Gasteiger partial charge in [0.15, 0.2) is 11.5 Å². The zero-order valence-corrected chi connectivity index (χ0v) is 17.5. The number of ether oxygens (including phenoxy) is 2. The van der Waals surface area contributed by atoms with Crippen molar-refractivity contribution in [2.75, 3.05) is 39.8 Å². The average Bonchev–Trinajstić information content (AvgIpc) is 2.98. The van der Waals surface area contributed by atoms with Crippen LogP contribution in [0.2, 0.25) is 0 Å². The van der Waals surface area contributed by atoms with Crippen LogP contribution < -0.4 is 9.47 Å². The summed E-state index contributed by atoms with van der Waals surface area (Å²) in [5, 5.41) is 11.5. The van der Waals surface area contributed by atoms with Crippen LogP contribution in [-0.2, 0) is 6.54 Å². The highest BCUT2D eigenvalue weighted by atomic mass is 19.3. The minimum absolute atomic E-state index is 0.0759. The molecule has 0 N–H and O–H groups in total. The summed E-state index contributed by atoms with van der Waals surface area (Å²) in [5.41, 5.74) is 0.225. The number of hydrogen-bond acceptors (Lipinski definition) is 6. The monoisotopic (exact) mass is 427 g/mol. The van der Waals surface area contributed by atoms with Crippen LogP contribution in [0, 0.1) is 16.0 Å². The summed E-state index contributed by atoms with van der Waals surface area (Å²) >= 11 is 0. The molecular formula is C21H31F2N3O4. The molecule has 2 heterocycles. The Hall–Kier alpha value is -2.00. The minimum Gasteiger partial charge on any atom is -0.493 e. The van der Waals surface area contributed by atoms with Gasteiger partial charge in [0.05, 0.1) is 18.1 Å². The van der Waals surface area contributed by atoms with Crippen LogP contribution in [0.15, 0.2) is 12.1 Å². The molecular weight excluding hydrogens is 396 g/mol. The highest BCUT2D eigenvalue weighted by Crippen LogP contribution is 2.36. The molecule has 7 nitrogen and oxygen atoms in total. The summed E-state index contributed by atoms with van der Waals surface area (Å²) in [6.07, 6.45) is 7.36. The van der Waals surface area contributed by atoms with Gasteiger partial charge < -0.3 is 14.4 Å². The van der Waals surface area contributed by atoms with Gasteiger partial charge in [0, 0.05) is 18.7 Å². The molecule has 2 aliphatic heterocycles. The second-order valence-corrected chi connectivity index (χ2v) is 8.20. The first kappa shape index (κ1) is 22.7. The van der Waals surface area contributed by atoms with Gasteiger partial charge in [-0.25, -0.2) is 0 Å². The highest BCUT2D eigenvalue weighted by Gasteiger charge is 2.26.